The highest BCUT2D eigenvalue weighted by molar-refractivity contribution is 7.25. The van der Waals surface area contributed by atoms with Crippen LogP contribution < -0.4 is 4.90 Å². The van der Waals surface area contributed by atoms with Crippen LogP contribution in [0.3, 0.4) is 0 Å². The highest BCUT2D eigenvalue weighted by Crippen LogP contribution is 2.47. The van der Waals surface area contributed by atoms with Gasteiger partial charge in [0.15, 0.2) is 0 Å². The summed E-state index contributed by atoms with van der Waals surface area (Å²) >= 11 is 1.85. The SMILES string of the molecule is c1ccc(N(c2ccc(-c3ccc4ccccc4c3)cc2)c2ccc3c(c2)sc2ccccc23)c(-c2cccc3oc4c5ccccc5ccc4c23)c1. The van der Waals surface area contributed by atoms with E-state index in [9.17, 15) is 0 Å². The number of anilines is 3. The minimum absolute atomic E-state index is 0.890. The molecule has 2 nitrogen and oxygen atoms in total. The molecule has 0 saturated heterocycles. The highest BCUT2D eigenvalue weighted by atomic mass is 32.1. The average molecular weight is 694 g/mol. The molecule has 0 aliphatic carbocycles. The van der Waals surface area contributed by atoms with E-state index in [-0.39, 0.29) is 0 Å². The molecule has 9 aromatic carbocycles. The number of fused-ring (bicyclic) bond motifs is 9. The summed E-state index contributed by atoms with van der Waals surface area (Å²) in [6, 6.07) is 68.0. The van der Waals surface area contributed by atoms with Gasteiger partial charge in [-0.2, -0.15) is 0 Å². The fourth-order valence-corrected chi connectivity index (χ4v) is 9.27. The number of furan rings is 1. The van der Waals surface area contributed by atoms with Crippen LogP contribution in [0.15, 0.2) is 192 Å². The van der Waals surface area contributed by atoms with Crippen molar-refractivity contribution in [2.24, 2.45) is 0 Å². The van der Waals surface area contributed by atoms with Crippen molar-refractivity contribution in [1.82, 2.24) is 0 Å². The monoisotopic (exact) mass is 693 g/mol. The predicted octanol–water partition coefficient (Wildman–Crippen LogP) is 15.1. The molecule has 0 spiro atoms. The van der Waals surface area contributed by atoms with Gasteiger partial charge in [-0.25, -0.2) is 0 Å². The van der Waals surface area contributed by atoms with Crippen LogP contribution >= 0.6 is 11.3 Å². The van der Waals surface area contributed by atoms with Crippen LogP contribution in [0, 0.1) is 0 Å². The van der Waals surface area contributed by atoms with E-state index >= 15 is 0 Å². The van der Waals surface area contributed by atoms with E-state index in [1.807, 2.05) is 11.3 Å². The van der Waals surface area contributed by atoms with Gasteiger partial charge in [-0.15, -0.1) is 11.3 Å². The lowest BCUT2D eigenvalue weighted by molar-refractivity contribution is 0.673. The maximum absolute atomic E-state index is 6.64. The molecular weight excluding hydrogens is 663 g/mol. The minimum atomic E-state index is 0.890. The zero-order valence-electron chi connectivity index (χ0n) is 28.7. The van der Waals surface area contributed by atoms with Gasteiger partial charge in [-0.05, 0) is 87.4 Å². The molecule has 53 heavy (non-hydrogen) atoms. The van der Waals surface area contributed by atoms with Gasteiger partial charge in [-0.1, -0.05) is 133 Å². The largest absolute Gasteiger partial charge is 0.455 e. The van der Waals surface area contributed by atoms with Gasteiger partial charge < -0.3 is 9.32 Å². The third-order valence-corrected chi connectivity index (χ3v) is 11.8. The number of rotatable bonds is 5. The van der Waals surface area contributed by atoms with E-state index in [1.54, 1.807) is 0 Å². The number of nitrogens with zero attached hydrogens (tertiary/aromatic N) is 1. The van der Waals surface area contributed by atoms with Crippen molar-refractivity contribution in [3.63, 3.8) is 0 Å². The number of hydrogen-bond acceptors (Lipinski definition) is 3. The zero-order chi connectivity index (χ0) is 34.9. The lowest BCUT2D eigenvalue weighted by Gasteiger charge is -2.28. The van der Waals surface area contributed by atoms with Gasteiger partial charge in [0.1, 0.15) is 11.2 Å². The molecular formula is C50H31NOS. The van der Waals surface area contributed by atoms with E-state index in [0.717, 1.165) is 55.5 Å². The summed E-state index contributed by atoms with van der Waals surface area (Å²) < 4.78 is 9.22. The number of hydrogen-bond donors (Lipinski definition) is 0. The molecule has 0 amide bonds. The molecule has 11 rings (SSSR count). The first-order valence-corrected chi connectivity index (χ1v) is 18.8. The van der Waals surface area contributed by atoms with E-state index < -0.39 is 0 Å². The molecule has 0 bridgehead atoms. The number of thiophene rings is 1. The molecule has 3 heteroatoms. The molecule has 0 radical (unpaired) electrons. The summed E-state index contributed by atoms with van der Waals surface area (Å²) in [5.41, 5.74) is 9.82. The predicted molar refractivity (Wildman–Crippen MR) is 227 cm³/mol. The Morgan fingerprint density at radius 1 is 0.396 bits per heavy atom. The quantitative estimate of drug-likeness (QED) is 0.178. The minimum Gasteiger partial charge on any atom is -0.455 e. The maximum Gasteiger partial charge on any atom is 0.143 e. The first-order chi connectivity index (χ1) is 26.3. The molecule has 0 N–H and O–H groups in total. The van der Waals surface area contributed by atoms with Crippen LogP contribution in [0.5, 0.6) is 0 Å². The van der Waals surface area contributed by atoms with Gasteiger partial charge in [0, 0.05) is 53.3 Å². The van der Waals surface area contributed by atoms with Gasteiger partial charge in [0.25, 0.3) is 0 Å². The van der Waals surface area contributed by atoms with Gasteiger partial charge in [0.05, 0.1) is 5.69 Å². The molecule has 0 saturated carbocycles. The molecule has 0 unspecified atom stereocenters. The average Bonchev–Trinajstić information content (AvgIpc) is 3.80. The summed E-state index contributed by atoms with van der Waals surface area (Å²) in [5, 5.41) is 9.65. The lowest BCUT2D eigenvalue weighted by atomic mass is 9.96. The van der Waals surface area contributed by atoms with Crippen molar-refractivity contribution in [1.29, 1.82) is 0 Å². The Labute approximate surface area is 310 Å². The van der Waals surface area contributed by atoms with Crippen LogP contribution in [0.4, 0.5) is 17.1 Å². The maximum atomic E-state index is 6.64. The normalized spacial score (nSPS) is 11.8. The number of para-hydroxylation sites is 1. The Kier molecular flexibility index (Phi) is 6.76. The number of benzene rings is 9. The Morgan fingerprint density at radius 3 is 1.96 bits per heavy atom. The Balaban J connectivity index is 1.12. The molecule has 248 valence electrons. The van der Waals surface area contributed by atoms with Gasteiger partial charge in [-0.3, -0.25) is 0 Å². The lowest BCUT2D eigenvalue weighted by Crippen LogP contribution is -2.11. The zero-order valence-corrected chi connectivity index (χ0v) is 29.5. The van der Waals surface area contributed by atoms with E-state index in [1.165, 1.54) is 47.5 Å². The van der Waals surface area contributed by atoms with E-state index in [2.05, 4.69) is 193 Å². The molecule has 11 aromatic rings. The van der Waals surface area contributed by atoms with Crippen molar-refractivity contribution in [3.05, 3.63) is 188 Å². The van der Waals surface area contributed by atoms with Crippen LogP contribution in [0.25, 0.3) is 85.9 Å². The second kappa shape index (κ2) is 11.9. The second-order valence-electron chi connectivity index (χ2n) is 13.7. The summed E-state index contributed by atoms with van der Waals surface area (Å²) in [5.74, 6) is 0. The second-order valence-corrected chi connectivity index (χ2v) is 14.8. The molecule has 2 aromatic heterocycles. The van der Waals surface area contributed by atoms with Crippen molar-refractivity contribution in [3.8, 4) is 22.3 Å². The van der Waals surface area contributed by atoms with Gasteiger partial charge >= 0.3 is 0 Å². The first-order valence-electron chi connectivity index (χ1n) is 18.0. The van der Waals surface area contributed by atoms with Crippen molar-refractivity contribution >= 4 is 92.1 Å². The molecule has 0 aliphatic heterocycles. The summed E-state index contributed by atoms with van der Waals surface area (Å²) in [4.78, 5) is 2.42. The summed E-state index contributed by atoms with van der Waals surface area (Å²) in [7, 11) is 0. The highest BCUT2D eigenvalue weighted by Gasteiger charge is 2.21. The Bertz CT molecular complexity index is 3190. The van der Waals surface area contributed by atoms with E-state index in [0.29, 0.717) is 0 Å². The molecule has 0 fully saturated rings. The van der Waals surface area contributed by atoms with Crippen LogP contribution in [-0.4, -0.2) is 0 Å². The van der Waals surface area contributed by atoms with Crippen molar-refractivity contribution in [2.45, 2.75) is 0 Å². The van der Waals surface area contributed by atoms with E-state index in [4.69, 9.17) is 4.42 Å². The fraction of sp³-hybridized carbons (Fsp3) is 0. The van der Waals surface area contributed by atoms with Crippen molar-refractivity contribution < 1.29 is 4.42 Å². The molecule has 0 aliphatic rings. The first kappa shape index (κ1) is 30.0. The summed E-state index contributed by atoms with van der Waals surface area (Å²) in [6.07, 6.45) is 0. The standard InChI is InChI=1S/C50H31NOS/c1-2-12-35-30-36(21-20-32(35)10-1)33-22-25-37(26-23-33)51(38-27-29-42-41-15-6-8-19-47(41)53-48(42)31-38)45-17-7-5-14-40(45)43-16-9-18-46-49(43)44-28-24-34-11-3-4-13-39(34)50(44)52-46/h1-31H. The molecule has 2 heterocycles. The van der Waals surface area contributed by atoms with Crippen LogP contribution in [-0.2, 0) is 0 Å². The Hall–Kier alpha value is -6.68. The summed E-state index contributed by atoms with van der Waals surface area (Å²) in [6.45, 7) is 0. The topological polar surface area (TPSA) is 16.4 Å². The van der Waals surface area contributed by atoms with Crippen molar-refractivity contribution in [2.75, 3.05) is 4.90 Å². The molecule has 0 atom stereocenters. The smallest absolute Gasteiger partial charge is 0.143 e. The fourth-order valence-electron chi connectivity index (χ4n) is 8.13. The third-order valence-electron chi connectivity index (χ3n) is 10.7. The van der Waals surface area contributed by atoms with Crippen LogP contribution in [0.1, 0.15) is 0 Å². The van der Waals surface area contributed by atoms with Gasteiger partial charge in [0.2, 0.25) is 0 Å². The Morgan fingerprint density at radius 2 is 1.06 bits per heavy atom. The van der Waals surface area contributed by atoms with Crippen LogP contribution in [0.2, 0.25) is 0 Å². The third kappa shape index (κ3) is 4.86.